The summed E-state index contributed by atoms with van der Waals surface area (Å²) in [5.41, 5.74) is 8.25. The highest BCUT2D eigenvalue weighted by atomic mass is 16.2. The van der Waals surface area contributed by atoms with Crippen molar-refractivity contribution < 1.29 is 4.79 Å². The van der Waals surface area contributed by atoms with Crippen molar-refractivity contribution in [3.8, 4) is 11.4 Å². The van der Waals surface area contributed by atoms with E-state index in [1.807, 2.05) is 17.2 Å². The van der Waals surface area contributed by atoms with Gasteiger partial charge >= 0.3 is 0 Å². The van der Waals surface area contributed by atoms with Crippen LogP contribution in [0.1, 0.15) is 23.2 Å². The number of fused-ring (bicyclic) bond motifs is 1. The Morgan fingerprint density at radius 1 is 1.21 bits per heavy atom. The van der Waals surface area contributed by atoms with Gasteiger partial charge in [0.25, 0.3) is 5.91 Å². The first-order chi connectivity index (χ1) is 11.7. The van der Waals surface area contributed by atoms with Crippen LogP contribution in [0.15, 0.2) is 37.1 Å². The van der Waals surface area contributed by atoms with Crippen molar-refractivity contribution in [3.63, 3.8) is 0 Å². The molecular weight excluding hydrogens is 304 g/mol. The normalized spacial score (nSPS) is 15.8. The fourth-order valence-corrected chi connectivity index (χ4v) is 3.01. The van der Waals surface area contributed by atoms with E-state index in [-0.39, 0.29) is 11.9 Å². The molecule has 3 N–H and O–H groups in total. The number of carbonyl (C=O) groups excluding carboxylic acids is 1. The standard InChI is InChI=1S/C17H18N6O/c18-12-2-5-23(6-3-12)17(24)11-7-21-16(22-8-11)14-10-20-15-1-4-19-9-13(14)15/h1,4,7-10,12,20H,2-3,5-6,18H2. The molecule has 0 saturated carbocycles. The van der Waals surface area contributed by atoms with Crippen molar-refractivity contribution in [1.82, 2.24) is 24.8 Å². The van der Waals surface area contributed by atoms with E-state index in [4.69, 9.17) is 5.73 Å². The van der Waals surface area contributed by atoms with Gasteiger partial charge < -0.3 is 15.6 Å². The third-order valence-corrected chi connectivity index (χ3v) is 4.45. The van der Waals surface area contributed by atoms with Crippen molar-refractivity contribution in [3.05, 3.63) is 42.6 Å². The molecule has 0 aromatic carbocycles. The average molecular weight is 322 g/mol. The Balaban J connectivity index is 1.57. The summed E-state index contributed by atoms with van der Waals surface area (Å²) >= 11 is 0. The van der Waals surface area contributed by atoms with E-state index in [1.54, 1.807) is 24.8 Å². The van der Waals surface area contributed by atoms with Crippen molar-refractivity contribution >= 4 is 16.8 Å². The van der Waals surface area contributed by atoms with Crippen LogP contribution in [-0.2, 0) is 0 Å². The third kappa shape index (κ3) is 2.63. The number of carbonyl (C=O) groups is 1. The molecule has 0 spiro atoms. The summed E-state index contributed by atoms with van der Waals surface area (Å²) in [4.78, 5) is 30.4. The molecule has 1 amide bonds. The van der Waals surface area contributed by atoms with Gasteiger partial charge in [0, 0.05) is 66.6 Å². The summed E-state index contributed by atoms with van der Waals surface area (Å²) in [7, 11) is 0. The van der Waals surface area contributed by atoms with Gasteiger partial charge in [-0.15, -0.1) is 0 Å². The van der Waals surface area contributed by atoms with Crippen molar-refractivity contribution in [2.75, 3.05) is 13.1 Å². The Morgan fingerprint density at radius 3 is 2.71 bits per heavy atom. The molecule has 1 saturated heterocycles. The molecule has 7 nitrogen and oxygen atoms in total. The Bertz CT molecular complexity index is 864. The molecule has 1 aliphatic heterocycles. The molecule has 1 fully saturated rings. The molecule has 4 heterocycles. The van der Waals surface area contributed by atoms with Crippen LogP contribution in [0, 0.1) is 0 Å². The molecule has 3 aromatic rings. The Morgan fingerprint density at radius 2 is 1.96 bits per heavy atom. The van der Waals surface area contributed by atoms with E-state index in [2.05, 4.69) is 19.9 Å². The number of rotatable bonds is 2. The first-order valence-corrected chi connectivity index (χ1v) is 8.01. The highest BCUT2D eigenvalue weighted by molar-refractivity contribution is 5.95. The van der Waals surface area contributed by atoms with Gasteiger partial charge in [-0.2, -0.15) is 0 Å². The van der Waals surface area contributed by atoms with Crippen molar-refractivity contribution in [2.45, 2.75) is 18.9 Å². The quantitative estimate of drug-likeness (QED) is 0.746. The molecule has 0 unspecified atom stereocenters. The van der Waals surface area contributed by atoms with Gasteiger partial charge in [-0.05, 0) is 18.9 Å². The van der Waals surface area contributed by atoms with Crippen LogP contribution >= 0.6 is 0 Å². The van der Waals surface area contributed by atoms with Crippen LogP contribution in [0.2, 0.25) is 0 Å². The zero-order valence-corrected chi connectivity index (χ0v) is 13.1. The van der Waals surface area contributed by atoms with E-state index in [1.165, 1.54) is 0 Å². The maximum Gasteiger partial charge on any atom is 0.256 e. The molecule has 24 heavy (non-hydrogen) atoms. The van der Waals surface area contributed by atoms with E-state index in [9.17, 15) is 4.79 Å². The largest absolute Gasteiger partial charge is 0.360 e. The summed E-state index contributed by atoms with van der Waals surface area (Å²) < 4.78 is 0. The highest BCUT2D eigenvalue weighted by Gasteiger charge is 2.22. The van der Waals surface area contributed by atoms with E-state index in [0.717, 1.165) is 29.3 Å². The summed E-state index contributed by atoms with van der Waals surface area (Å²) in [6.07, 6.45) is 10.2. The molecule has 4 rings (SSSR count). The number of nitrogens with two attached hydrogens (primary N) is 1. The van der Waals surface area contributed by atoms with Gasteiger partial charge in [-0.1, -0.05) is 0 Å². The van der Waals surface area contributed by atoms with Crippen molar-refractivity contribution in [1.29, 1.82) is 0 Å². The molecule has 1 aliphatic rings. The molecule has 0 radical (unpaired) electrons. The smallest absolute Gasteiger partial charge is 0.256 e. The number of hydrogen-bond donors (Lipinski definition) is 2. The molecule has 7 heteroatoms. The Labute approximate surface area is 138 Å². The number of hydrogen-bond acceptors (Lipinski definition) is 5. The number of piperidine rings is 1. The molecule has 0 atom stereocenters. The number of aromatic nitrogens is 4. The van der Waals surface area contributed by atoms with Crippen LogP contribution in [0.25, 0.3) is 22.3 Å². The molecular formula is C17H18N6O. The van der Waals surface area contributed by atoms with E-state index >= 15 is 0 Å². The average Bonchev–Trinajstić information content (AvgIpc) is 3.06. The number of aromatic amines is 1. The second-order valence-electron chi connectivity index (χ2n) is 6.05. The molecule has 122 valence electrons. The lowest BCUT2D eigenvalue weighted by molar-refractivity contribution is 0.0714. The maximum absolute atomic E-state index is 12.5. The van der Waals surface area contributed by atoms with Crippen LogP contribution in [0.3, 0.4) is 0 Å². The second-order valence-corrected chi connectivity index (χ2v) is 6.05. The van der Waals surface area contributed by atoms with Gasteiger partial charge in [0.05, 0.1) is 5.56 Å². The molecule has 0 aliphatic carbocycles. The van der Waals surface area contributed by atoms with Gasteiger partial charge in [0.2, 0.25) is 0 Å². The van der Waals surface area contributed by atoms with E-state index in [0.29, 0.717) is 24.5 Å². The fraction of sp³-hybridized carbons (Fsp3) is 0.294. The summed E-state index contributed by atoms with van der Waals surface area (Å²) in [6, 6.07) is 2.10. The highest BCUT2D eigenvalue weighted by Crippen LogP contribution is 2.25. The second kappa shape index (κ2) is 6.01. The number of nitrogens with one attached hydrogen (secondary N) is 1. The predicted octanol–water partition coefficient (Wildman–Crippen LogP) is 1.58. The van der Waals surface area contributed by atoms with Crippen molar-refractivity contribution in [2.24, 2.45) is 5.73 Å². The number of amides is 1. The maximum atomic E-state index is 12.5. The minimum Gasteiger partial charge on any atom is -0.360 e. The summed E-state index contributed by atoms with van der Waals surface area (Å²) in [6.45, 7) is 1.38. The van der Waals surface area contributed by atoms with Gasteiger partial charge in [-0.25, -0.2) is 9.97 Å². The lowest BCUT2D eigenvalue weighted by atomic mass is 10.1. The lowest BCUT2D eigenvalue weighted by Gasteiger charge is -2.30. The predicted molar refractivity (Wildman–Crippen MR) is 90.2 cm³/mol. The minimum atomic E-state index is -0.0333. The van der Waals surface area contributed by atoms with Crippen LogP contribution in [0.5, 0.6) is 0 Å². The van der Waals surface area contributed by atoms with Crippen LogP contribution < -0.4 is 5.73 Å². The summed E-state index contributed by atoms with van der Waals surface area (Å²) in [5.74, 6) is 0.542. The summed E-state index contributed by atoms with van der Waals surface area (Å²) in [5, 5.41) is 0.960. The zero-order valence-electron chi connectivity index (χ0n) is 13.1. The van der Waals surface area contributed by atoms with Gasteiger partial charge in [-0.3, -0.25) is 9.78 Å². The topological polar surface area (TPSA) is 101 Å². The fourth-order valence-electron chi connectivity index (χ4n) is 3.01. The number of pyridine rings is 1. The monoisotopic (exact) mass is 322 g/mol. The lowest BCUT2D eigenvalue weighted by Crippen LogP contribution is -2.42. The minimum absolute atomic E-state index is 0.0333. The number of likely N-dealkylation sites (tertiary alicyclic amines) is 1. The Hall–Kier alpha value is -2.80. The molecule has 0 bridgehead atoms. The van der Waals surface area contributed by atoms with Crippen LogP contribution in [-0.4, -0.2) is 49.9 Å². The van der Waals surface area contributed by atoms with Crippen LogP contribution in [0.4, 0.5) is 0 Å². The van der Waals surface area contributed by atoms with Gasteiger partial charge in [0.15, 0.2) is 5.82 Å². The zero-order chi connectivity index (χ0) is 16.5. The van der Waals surface area contributed by atoms with E-state index < -0.39 is 0 Å². The first-order valence-electron chi connectivity index (χ1n) is 8.01. The first kappa shape index (κ1) is 14.8. The number of nitrogens with zero attached hydrogens (tertiary/aromatic N) is 4. The SMILES string of the molecule is NC1CCN(C(=O)c2cnc(-c3c[nH]c4ccncc34)nc2)CC1. The number of H-pyrrole nitrogens is 1. The van der Waals surface area contributed by atoms with Gasteiger partial charge in [0.1, 0.15) is 0 Å². The molecule has 3 aromatic heterocycles. The Kier molecular flexibility index (Phi) is 3.70. The third-order valence-electron chi connectivity index (χ3n) is 4.45.